The Balaban J connectivity index is 1.62. The lowest BCUT2D eigenvalue weighted by Crippen LogP contribution is -2.55. The molecular formula is C26H31N3O4S. The normalized spacial score (nSPS) is 22.2. The first-order valence-corrected chi connectivity index (χ1v) is 12.4. The maximum atomic E-state index is 13.7. The fraction of sp³-hybridized carbons (Fsp3) is 0.423. The molecule has 180 valence electrons. The molecule has 0 spiro atoms. The number of thioether (sulfide) groups is 1. The topological polar surface area (TPSA) is 98.7 Å². The summed E-state index contributed by atoms with van der Waals surface area (Å²) in [6.07, 6.45) is 0. The second-order valence-corrected chi connectivity index (χ2v) is 11.4. The third-order valence-electron chi connectivity index (χ3n) is 6.56. The van der Waals surface area contributed by atoms with Gasteiger partial charge in [0.15, 0.2) is 0 Å². The Hall–Kier alpha value is -2.84. The van der Waals surface area contributed by atoms with Gasteiger partial charge in [-0.05, 0) is 37.0 Å². The first-order chi connectivity index (χ1) is 16.2. The minimum Gasteiger partial charge on any atom is -0.394 e. The molecule has 1 saturated heterocycles. The Morgan fingerprint density at radius 2 is 1.71 bits per heavy atom. The predicted molar refractivity (Wildman–Crippen MR) is 132 cm³/mol. The van der Waals surface area contributed by atoms with Crippen LogP contribution in [0.5, 0.6) is 0 Å². The lowest BCUT2D eigenvalue weighted by molar-refractivity contribution is -0.132. The van der Waals surface area contributed by atoms with Crippen molar-refractivity contribution in [3.8, 4) is 0 Å². The van der Waals surface area contributed by atoms with Gasteiger partial charge in [-0.3, -0.25) is 14.4 Å². The van der Waals surface area contributed by atoms with Crippen LogP contribution in [0.15, 0.2) is 54.6 Å². The Bertz CT molecular complexity index is 1090. The van der Waals surface area contributed by atoms with Gasteiger partial charge in [-0.2, -0.15) is 0 Å². The van der Waals surface area contributed by atoms with Gasteiger partial charge in [-0.15, -0.1) is 11.8 Å². The Morgan fingerprint density at radius 3 is 2.35 bits per heavy atom. The SMILES string of the molecule is CC(C)C(CO)NC(=O)C(NC(=O)C1N2C(=O)c3ccccc3C2SC1(C)C)c1ccccc1. The summed E-state index contributed by atoms with van der Waals surface area (Å²) in [5.74, 6) is -0.925. The maximum absolute atomic E-state index is 13.7. The van der Waals surface area contributed by atoms with E-state index in [9.17, 15) is 19.5 Å². The molecule has 0 aromatic heterocycles. The van der Waals surface area contributed by atoms with E-state index in [1.165, 1.54) is 0 Å². The monoisotopic (exact) mass is 481 g/mol. The number of aliphatic hydroxyl groups is 1. The summed E-state index contributed by atoms with van der Waals surface area (Å²) in [7, 11) is 0. The number of carbonyl (C=O) groups is 3. The Morgan fingerprint density at radius 1 is 1.06 bits per heavy atom. The second kappa shape index (κ2) is 9.43. The van der Waals surface area contributed by atoms with E-state index in [2.05, 4.69) is 10.6 Å². The molecule has 8 heteroatoms. The van der Waals surface area contributed by atoms with Crippen LogP contribution in [0.25, 0.3) is 0 Å². The van der Waals surface area contributed by atoms with Crippen molar-refractivity contribution in [3.63, 3.8) is 0 Å². The fourth-order valence-corrected chi connectivity index (χ4v) is 6.25. The molecule has 2 aliphatic heterocycles. The van der Waals surface area contributed by atoms with Gasteiger partial charge < -0.3 is 20.6 Å². The molecular weight excluding hydrogens is 450 g/mol. The summed E-state index contributed by atoms with van der Waals surface area (Å²) in [6, 6.07) is 14.3. The van der Waals surface area contributed by atoms with E-state index in [0.717, 1.165) is 5.56 Å². The lowest BCUT2D eigenvalue weighted by atomic mass is 9.98. The summed E-state index contributed by atoms with van der Waals surface area (Å²) in [5, 5.41) is 15.2. The predicted octanol–water partition coefficient (Wildman–Crippen LogP) is 3.03. The van der Waals surface area contributed by atoms with Crippen molar-refractivity contribution in [2.75, 3.05) is 6.61 Å². The molecule has 1 fully saturated rings. The fourth-order valence-electron chi connectivity index (χ4n) is 4.66. The molecule has 3 amide bonds. The molecule has 2 aromatic rings. The summed E-state index contributed by atoms with van der Waals surface area (Å²) >= 11 is 1.58. The van der Waals surface area contributed by atoms with Crippen molar-refractivity contribution in [3.05, 3.63) is 71.3 Å². The number of nitrogens with zero attached hydrogens (tertiary/aromatic N) is 1. The smallest absolute Gasteiger partial charge is 0.256 e. The van der Waals surface area contributed by atoms with Crippen LogP contribution in [0, 0.1) is 5.92 Å². The van der Waals surface area contributed by atoms with Crippen LogP contribution in [-0.4, -0.2) is 51.2 Å². The van der Waals surface area contributed by atoms with E-state index in [1.54, 1.807) is 47.0 Å². The number of benzene rings is 2. The number of aliphatic hydroxyl groups excluding tert-OH is 1. The van der Waals surface area contributed by atoms with Crippen LogP contribution >= 0.6 is 11.8 Å². The highest BCUT2D eigenvalue weighted by Crippen LogP contribution is 2.56. The van der Waals surface area contributed by atoms with Crippen LogP contribution in [0.3, 0.4) is 0 Å². The first-order valence-electron chi connectivity index (χ1n) is 11.5. The minimum absolute atomic E-state index is 0.0210. The van der Waals surface area contributed by atoms with Crippen LogP contribution < -0.4 is 10.6 Å². The van der Waals surface area contributed by atoms with Gasteiger partial charge in [-0.25, -0.2) is 0 Å². The number of nitrogens with one attached hydrogen (secondary N) is 2. The molecule has 7 nitrogen and oxygen atoms in total. The highest BCUT2D eigenvalue weighted by atomic mass is 32.2. The summed E-state index contributed by atoms with van der Waals surface area (Å²) < 4.78 is -0.554. The number of hydrogen-bond acceptors (Lipinski definition) is 5. The molecule has 0 aliphatic carbocycles. The van der Waals surface area contributed by atoms with Crippen molar-refractivity contribution in [1.82, 2.24) is 15.5 Å². The number of carbonyl (C=O) groups excluding carboxylic acids is 3. The number of fused-ring (bicyclic) bond motifs is 3. The summed E-state index contributed by atoms with van der Waals surface area (Å²) in [5.41, 5.74) is 2.17. The van der Waals surface area contributed by atoms with Gasteiger partial charge in [0.25, 0.3) is 5.91 Å². The molecule has 0 bridgehead atoms. The molecule has 3 N–H and O–H groups in total. The third-order valence-corrected chi connectivity index (χ3v) is 8.09. The quantitative estimate of drug-likeness (QED) is 0.565. The second-order valence-electron chi connectivity index (χ2n) is 9.67. The molecule has 2 aromatic carbocycles. The third kappa shape index (κ3) is 4.32. The zero-order chi connectivity index (χ0) is 24.6. The van der Waals surface area contributed by atoms with E-state index in [1.807, 2.05) is 52.0 Å². The molecule has 34 heavy (non-hydrogen) atoms. The Kier molecular flexibility index (Phi) is 6.73. The highest BCUT2D eigenvalue weighted by Gasteiger charge is 2.57. The average Bonchev–Trinajstić information content (AvgIpc) is 3.24. The van der Waals surface area contributed by atoms with Crippen molar-refractivity contribution >= 4 is 29.5 Å². The highest BCUT2D eigenvalue weighted by molar-refractivity contribution is 8.01. The zero-order valence-corrected chi connectivity index (χ0v) is 20.6. The molecule has 0 radical (unpaired) electrons. The molecule has 2 aliphatic rings. The van der Waals surface area contributed by atoms with Gasteiger partial charge >= 0.3 is 0 Å². The molecule has 4 unspecified atom stereocenters. The minimum atomic E-state index is -0.957. The Labute approximate surface area is 204 Å². The molecule has 4 atom stereocenters. The largest absolute Gasteiger partial charge is 0.394 e. The maximum Gasteiger partial charge on any atom is 0.256 e. The zero-order valence-electron chi connectivity index (χ0n) is 19.8. The van der Waals surface area contributed by atoms with E-state index < -0.39 is 28.8 Å². The standard InChI is InChI=1S/C26H31N3O4S/c1-15(2)19(14-30)27-22(31)20(16-10-6-5-7-11-16)28-23(32)21-26(3,4)34-25-18-13-9-8-12-17(18)24(33)29(21)25/h5-13,15,19-21,25,30H,14H2,1-4H3,(H,27,31)(H,28,32). The van der Waals surface area contributed by atoms with Gasteiger partial charge in [0.1, 0.15) is 17.5 Å². The van der Waals surface area contributed by atoms with Crippen LogP contribution in [0.1, 0.15) is 60.6 Å². The van der Waals surface area contributed by atoms with Crippen molar-refractivity contribution in [2.45, 2.75) is 55.9 Å². The van der Waals surface area contributed by atoms with Gasteiger partial charge in [0.05, 0.1) is 12.6 Å². The number of amides is 3. The first kappa shape index (κ1) is 24.3. The van der Waals surface area contributed by atoms with E-state index in [4.69, 9.17) is 0 Å². The van der Waals surface area contributed by atoms with Crippen LogP contribution in [-0.2, 0) is 9.59 Å². The van der Waals surface area contributed by atoms with E-state index in [-0.39, 0.29) is 29.7 Å². The average molecular weight is 482 g/mol. The summed E-state index contributed by atoms with van der Waals surface area (Å²) in [4.78, 5) is 41.9. The summed E-state index contributed by atoms with van der Waals surface area (Å²) in [6.45, 7) is 7.52. The van der Waals surface area contributed by atoms with Crippen LogP contribution in [0.4, 0.5) is 0 Å². The molecule has 0 saturated carbocycles. The van der Waals surface area contributed by atoms with Crippen LogP contribution in [0.2, 0.25) is 0 Å². The van der Waals surface area contributed by atoms with Crippen molar-refractivity contribution in [1.29, 1.82) is 0 Å². The van der Waals surface area contributed by atoms with Gasteiger partial charge in [-0.1, -0.05) is 62.4 Å². The van der Waals surface area contributed by atoms with E-state index in [0.29, 0.717) is 11.1 Å². The van der Waals surface area contributed by atoms with Gasteiger partial charge in [0.2, 0.25) is 11.8 Å². The van der Waals surface area contributed by atoms with Gasteiger partial charge in [0, 0.05) is 10.3 Å². The lowest BCUT2D eigenvalue weighted by Gasteiger charge is -2.31. The van der Waals surface area contributed by atoms with Crippen molar-refractivity contribution in [2.24, 2.45) is 5.92 Å². The molecule has 2 heterocycles. The van der Waals surface area contributed by atoms with E-state index >= 15 is 0 Å². The van der Waals surface area contributed by atoms with Crippen molar-refractivity contribution < 1.29 is 19.5 Å². The number of rotatable bonds is 7. The number of hydrogen-bond donors (Lipinski definition) is 3. The molecule has 4 rings (SSSR count).